The molecule has 24 heavy (non-hydrogen) atoms. The lowest BCUT2D eigenvalue weighted by molar-refractivity contribution is -0.137. The van der Waals surface area contributed by atoms with Crippen LogP contribution in [0.25, 0.3) is 22.2 Å². The lowest BCUT2D eigenvalue weighted by atomic mass is 10.1. The first-order valence-corrected chi connectivity index (χ1v) is 8.01. The van der Waals surface area contributed by atoms with Gasteiger partial charge in [-0.15, -0.1) is 0 Å². The Morgan fingerprint density at radius 1 is 1.17 bits per heavy atom. The first kappa shape index (κ1) is 16.0. The quantitative estimate of drug-likeness (QED) is 0.754. The zero-order valence-corrected chi connectivity index (χ0v) is 13.8. The van der Waals surface area contributed by atoms with Crippen molar-refractivity contribution in [3.8, 4) is 11.1 Å². The van der Waals surface area contributed by atoms with Gasteiger partial charge in [0.15, 0.2) is 5.82 Å². The lowest BCUT2D eigenvalue weighted by Crippen LogP contribution is -2.24. The average Bonchev–Trinajstić information content (AvgIpc) is 2.95. The maximum Gasteiger partial charge on any atom is 0.323 e. The number of aliphatic carboxylic acids is 1. The summed E-state index contributed by atoms with van der Waals surface area (Å²) in [5.74, 6) is -0.116. The Kier molecular flexibility index (Phi) is 4.46. The summed E-state index contributed by atoms with van der Waals surface area (Å²) in [6, 6.07) is 9.87. The van der Waals surface area contributed by atoms with E-state index in [1.165, 1.54) is 0 Å². The Hall–Kier alpha value is -2.89. The molecule has 3 rings (SSSR count). The summed E-state index contributed by atoms with van der Waals surface area (Å²) in [7, 11) is 0. The van der Waals surface area contributed by atoms with Gasteiger partial charge in [-0.05, 0) is 19.4 Å². The number of carboxylic acids is 1. The molecule has 124 valence electrons. The van der Waals surface area contributed by atoms with Gasteiger partial charge in [-0.25, -0.2) is 9.97 Å². The Bertz CT molecular complexity index is 854. The first-order valence-electron chi connectivity index (χ1n) is 8.01. The van der Waals surface area contributed by atoms with Gasteiger partial charge in [0.2, 0.25) is 0 Å². The summed E-state index contributed by atoms with van der Waals surface area (Å²) in [6.07, 6.45) is 3.41. The average molecular weight is 324 g/mol. The van der Waals surface area contributed by atoms with Crippen LogP contribution in [0.1, 0.15) is 13.8 Å². The Labute approximate surface area is 140 Å². The maximum absolute atomic E-state index is 11.3. The van der Waals surface area contributed by atoms with Crippen LogP contribution in [-0.4, -0.2) is 38.7 Å². The molecule has 0 aliphatic carbocycles. The molecule has 0 saturated heterocycles. The van der Waals surface area contributed by atoms with Gasteiger partial charge in [-0.2, -0.15) is 0 Å². The van der Waals surface area contributed by atoms with Crippen LogP contribution in [0.2, 0.25) is 0 Å². The molecule has 0 aliphatic heterocycles. The minimum Gasteiger partial charge on any atom is -0.480 e. The van der Waals surface area contributed by atoms with Crippen LogP contribution >= 0.6 is 0 Å². The normalized spacial score (nSPS) is 10.9. The zero-order chi connectivity index (χ0) is 17.1. The summed E-state index contributed by atoms with van der Waals surface area (Å²) < 4.78 is 1.73. The van der Waals surface area contributed by atoms with Crippen LogP contribution in [0.3, 0.4) is 0 Å². The minimum absolute atomic E-state index is 0.120. The molecule has 1 N–H and O–H groups in total. The molecular formula is C18H20N4O2. The highest BCUT2D eigenvalue weighted by Gasteiger charge is 2.19. The van der Waals surface area contributed by atoms with Crippen molar-refractivity contribution in [3.05, 3.63) is 42.9 Å². The molecular weight excluding hydrogens is 304 g/mol. The van der Waals surface area contributed by atoms with Gasteiger partial charge in [0.25, 0.3) is 0 Å². The fourth-order valence-electron chi connectivity index (χ4n) is 2.97. The van der Waals surface area contributed by atoms with Gasteiger partial charge in [0, 0.05) is 24.8 Å². The molecule has 0 amide bonds. The van der Waals surface area contributed by atoms with E-state index in [9.17, 15) is 9.90 Å². The molecule has 0 fully saturated rings. The first-order chi connectivity index (χ1) is 11.7. The number of fused-ring (bicyclic) bond motifs is 1. The van der Waals surface area contributed by atoms with Crippen molar-refractivity contribution in [2.24, 2.45) is 0 Å². The van der Waals surface area contributed by atoms with Gasteiger partial charge in [0.1, 0.15) is 23.9 Å². The van der Waals surface area contributed by atoms with E-state index in [2.05, 4.69) is 28.7 Å². The molecule has 6 heteroatoms. The third kappa shape index (κ3) is 2.82. The molecule has 6 nitrogen and oxygen atoms in total. The van der Waals surface area contributed by atoms with E-state index in [-0.39, 0.29) is 6.54 Å². The summed E-state index contributed by atoms with van der Waals surface area (Å²) >= 11 is 0. The summed E-state index contributed by atoms with van der Waals surface area (Å²) in [4.78, 5) is 22.3. The summed E-state index contributed by atoms with van der Waals surface area (Å²) in [6.45, 7) is 5.58. The lowest BCUT2D eigenvalue weighted by Gasteiger charge is -2.21. The second kappa shape index (κ2) is 6.70. The Morgan fingerprint density at radius 3 is 2.50 bits per heavy atom. The van der Waals surface area contributed by atoms with Crippen molar-refractivity contribution in [1.82, 2.24) is 14.5 Å². The molecule has 2 heterocycles. The number of hydrogen-bond acceptors (Lipinski definition) is 4. The van der Waals surface area contributed by atoms with E-state index in [0.717, 1.165) is 41.1 Å². The SMILES string of the molecule is CCN(CC)c1ncnc2c(-c3ccccc3)cn(CC(=O)O)c12. The van der Waals surface area contributed by atoms with Gasteiger partial charge in [0.05, 0.1) is 0 Å². The van der Waals surface area contributed by atoms with E-state index >= 15 is 0 Å². The van der Waals surface area contributed by atoms with Gasteiger partial charge >= 0.3 is 5.97 Å². The molecule has 0 atom stereocenters. The van der Waals surface area contributed by atoms with E-state index in [1.807, 2.05) is 36.5 Å². The standard InChI is InChI=1S/C18H20N4O2/c1-3-21(4-2)18-17-16(19-12-20-18)14(10-22(17)11-15(23)24)13-8-6-5-7-9-13/h5-10,12H,3-4,11H2,1-2H3,(H,23,24). The van der Waals surface area contributed by atoms with Crippen LogP contribution in [0.15, 0.2) is 42.9 Å². The van der Waals surface area contributed by atoms with Crippen molar-refractivity contribution < 1.29 is 9.90 Å². The van der Waals surface area contributed by atoms with Crippen molar-refractivity contribution >= 4 is 22.8 Å². The number of benzene rings is 1. The number of hydrogen-bond donors (Lipinski definition) is 1. The molecule has 0 aliphatic rings. The molecule has 0 radical (unpaired) electrons. The van der Waals surface area contributed by atoms with Gasteiger partial charge in [-0.3, -0.25) is 4.79 Å². The van der Waals surface area contributed by atoms with Crippen molar-refractivity contribution in [2.75, 3.05) is 18.0 Å². The van der Waals surface area contributed by atoms with E-state index < -0.39 is 5.97 Å². The van der Waals surface area contributed by atoms with Crippen molar-refractivity contribution in [1.29, 1.82) is 0 Å². The third-order valence-electron chi connectivity index (χ3n) is 4.08. The van der Waals surface area contributed by atoms with Crippen LogP contribution in [0.5, 0.6) is 0 Å². The topological polar surface area (TPSA) is 71.2 Å². The molecule has 0 unspecified atom stereocenters. The fraction of sp³-hybridized carbons (Fsp3) is 0.278. The fourth-order valence-corrected chi connectivity index (χ4v) is 2.97. The van der Waals surface area contributed by atoms with Crippen LogP contribution in [0.4, 0.5) is 5.82 Å². The number of aromatic nitrogens is 3. The molecule has 0 spiro atoms. The zero-order valence-electron chi connectivity index (χ0n) is 13.8. The second-order valence-corrected chi connectivity index (χ2v) is 5.50. The number of carbonyl (C=O) groups is 1. The number of anilines is 1. The summed E-state index contributed by atoms with van der Waals surface area (Å²) in [5, 5.41) is 9.27. The van der Waals surface area contributed by atoms with E-state index in [4.69, 9.17) is 0 Å². The predicted molar refractivity (Wildman–Crippen MR) is 94.2 cm³/mol. The smallest absolute Gasteiger partial charge is 0.323 e. The molecule has 3 aromatic rings. The van der Waals surface area contributed by atoms with Gasteiger partial charge < -0.3 is 14.6 Å². The summed E-state index contributed by atoms with van der Waals surface area (Å²) in [5.41, 5.74) is 3.47. The highest BCUT2D eigenvalue weighted by atomic mass is 16.4. The van der Waals surface area contributed by atoms with E-state index in [0.29, 0.717) is 0 Å². The van der Waals surface area contributed by atoms with Crippen molar-refractivity contribution in [2.45, 2.75) is 20.4 Å². The molecule has 0 saturated carbocycles. The highest BCUT2D eigenvalue weighted by Crippen LogP contribution is 2.33. The Balaban J connectivity index is 2.29. The Morgan fingerprint density at radius 2 is 1.88 bits per heavy atom. The minimum atomic E-state index is -0.888. The maximum atomic E-state index is 11.3. The van der Waals surface area contributed by atoms with Crippen LogP contribution in [-0.2, 0) is 11.3 Å². The predicted octanol–water partition coefficient (Wildman–Crippen LogP) is 3.03. The molecule has 1 aromatic carbocycles. The van der Waals surface area contributed by atoms with Gasteiger partial charge in [-0.1, -0.05) is 30.3 Å². The van der Waals surface area contributed by atoms with E-state index in [1.54, 1.807) is 10.9 Å². The second-order valence-electron chi connectivity index (χ2n) is 5.50. The number of nitrogens with zero attached hydrogens (tertiary/aromatic N) is 4. The van der Waals surface area contributed by atoms with Crippen LogP contribution < -0.4 is 4.90 Å². The monoisotopic (exact) mass is 324 g/mol. The molecule has 0 bridgehead atoms. The largest absolute Gasteiger partial charge is 0.480 e. The molecule has 2 aromatic heterocycles. The third-order valence-corrected chi connectivity index (χ3v) is 4.08. The highest BCUT2D eigenvalue weighted by molar-refractivity contribution is 5.98. The van der Waals surface area contributed by atoms with Crippen molar-refractivity contribution in [3.63, 3.8) is 0 Å². The number of carboxylic acid groups (broad SMARTS) is 1. The van der Waals surface area contributed by atoms with Crippen LogP contribution in [0, 0.1) is 0 Å². The number of rotatable bonds is 6.